The van der Waals surface area contributed by atoms with Gasteiger partial charge in [-0.2, -0.15) is 0 Å². The van der Waals surface area contributed by atoms with Crippen LogP contribution < -0.4 is 10.2 Å². The molecule has 4 rings (SSSR count). The Morgan fingerprint density at radius 2 is 0.897 bits per heavy atom. The Labute approximate surface area is 181 Å². The van der Waals surface area contributed by atoms with Gasteiger partial charge in [0.05, 0.1) is 0 Å². The molecule has 0 N–H and O–H groups in total. The van der Waals surface area contributed by atoms with Crippen LogP contribution in [0.4, 0.5) is 0 Å². The third-order valence-corrected chi connectivity index (χ3v) is 4.43. The molecule has 140 valence electrons. The number of carboxylic acid groups (broad SMARTS) is 2. The number of carbonyl (C=O) groups is 2. The summed E-state index contributed by atoms with van der Waals surface area (Å²) in [6.45, 7) is 0. The van der Waals surface area contributed by atoms with E-state index in [-0.39, 0.29) is 32.3 Å². The van der Waals surface area contributed by atoms with E-state index in [1.165, 1.54) is 0 Å². The number of carbonyl (C=O) groups excluding carboxylic acids is 2. The van der Waals surface area contributed by atoms with Crippen molar-refractivity contribution in [2.75, 3.05) is 0 Å². The van der Waals surface area contributed by atoms with Gasteiger partial charge in [0.15, 0.2) is 0 Å². The Kier molecular flexibility index (Phi) is 8.05. The molecule has 0 aliphatic rings. The topological polar surface area (TPSA) is 80.3 Å². The predicted molar refractivity (Wildman–Crippen MR) is 105 cm³/mol. The fraction of sp³-hybridized carbons (Fsp3) is 0.0833. The molecule has 4 nitrogen and oxygen atoms in total. The second-order valence-corrected chi connectivity index (χ2v) is 6.37. The summed E-state index contributed by atoms with van der Waals surface area (Å²) >= 11 is 0. The van der Waals surface area contributed by atoms with Crippen molar-refractivity contribution in [3.8, 4) is 0 Å². The number of aliphatic carboxylic acids is 2. The molecule has 29 heavy (non-hydrogen) atoms. The summed E-state index contributed by atoms with van der Waals surface area (Å²) in [5.74, 6) is -2.08. The number of hydrogen-bond donors (Lipinski definition) is 0. The van der Waals surface area contributed by atoms with Crippen LogP contribution in [-0.4, -0.2) is 11.9 Å². The van der Waals surface area contributed by atoms with Crippen LogP contribution in [0.2, 0.25) is 0 Å². The summed E-state index contributed by atoms with van der Waals surface area (Å²) in [4.78, 5) is 21.0. The molecule has 0 aliphatic carbocycles. The maximum Gasteiger partial charge on any atom is 2.00 e. The molecule has 0 heterocycles. The minimum atomic E-state index is -1.04. The molecule has 5 heteroatoms. The van der Waals surface area contributed by atoms with Gasteiger partial charge in [0.2, 0.25) is 0 Å². The smallest absolute Gasteiger partial charge is 0.550 e. The van der Waals surface area contributed by atoms with Crippen LogP contribution in [-0.2, 0) is 41.9 Å². The fourth-order valence-corrected chi connectivity index (χ4v) is 3.20. The Balaban J connectivity index is 0.000000200. The van der Waals surface area contributed by atoms with Gasteiger partial charge in [0.1, 0.15) is 0 Å². The molecular formula is C24H18O4Zn. The number of benzene rings is 4. The van der Waals surface area contributed by atoms with Crippen LogP contribution in [0.3, 0.4) is 0 Å². The molecule has 4 aromatic carbocycles. The number of hydrogen-bond acceptors (Lipinski definition) is 4. The van der Waals surface area contributed by atoms with Crippen molar-refractivity contribution in [3.63, 3.8) is 0 Å². The van der Waals surface area contributed by atoms with Gasteiger partial charge >= 0.3 is 19.5 Å². The largest absolute Gasteiger partial charge is 2.00 e. The third kappa shape index (κ3) is 5.97. The van der Waals surface area contributed by atoms with Crippen LogP contribution in [0, 0.1) is 0 Å². The summed E-state index contributed by atoms with van der Waals surface area (Å²) in [7, 11) is 0. The van der Waals surface area contributed by atoms with Crippen molar-refractivity contribution in [1.82, 2.24) is 0 Å². The van der Waals surface area contributed by atoms with E-state index in [1.807, 2.05) is 84.9 Å². The zero-order chi connectivity index (χ0) is 19.9. The van der Waals surface area contributed by atoms with Gasteiger partial charge < -0.3 is 19.8 Å². The van der Waals surface area contributed by atoms with Crippen LogP contribution >= 0.6 is 0 Å². The first kappa shape index (κ1) is 22.3. The van der Waals surface area contributed by atoms with E-state index in [1.54, 1.807) is 0 Å². The molecule has 4 aromatic rings. The monoisotopic (exact) mass is 434 g/mol. The van der Waals surface area contributed by atoms with E-state index >= 15 is 0 Å². The zero-order valence-electron chi connectivity index (χ0n) is 15.8. The fourth-order valence-electron chi connectivity index (χ4n) is 3.20. The molecule has 0 spiro atoms. The Morgan fingerprint density at radius 1 is 0.552 bits per heavy atom. The van der Waals surface area contributed by atoms with E-state index in [2.05, 4.69) is 0 Å². The molecule has 0 radical (unpaired) electrons. The summed E-state index contributed by atoms with van der Waals surface area (Å²) in [6, 6.07) is 26.8. The molecule has 0 aliphatic heterocycles. The minimum Gasteiger partial charge on any atom is -0.550 e. The molecule has 0 unspecified atom stereocenters. The zero-order valence-corrected chi connectivity index (χ0v) is 18.8. The standard InChI is InChI=1S/2C12H10O2.Zn/c2*13-12(14)8-10-6-3-5-9-4-1-2-7-11(9)10;/h2*1-7H,8H2,(H,13,14);/q;;+2/p-2. The van der Waals surface area contributed by atoms with Crippen molar-refractivity contribution < 1.29 is 39.3 Å². The first-order chi connectivity index (χ1) is 13.5. The van der Waals surface area contributed by atoms with Gasteiger partial charge in [-0.25, -0.2) is 0 Å². The molecule has 0 saturated carbocycles. The summed E-state index contributed by atoms with van der Waals surface area (Å²) < 4.78 is 0. The Morgan fingerprint density at radius 3 is 1.28 bits per heavy atom. The van der Waals surface area contributed by atoms with Crippen molar-refractivity contribution >= 4 is 33.5 Å². The van der Waals surface area contributed by atoms with Gasteiger partial charge in [-0.3, -0.25) is 0 Å². The van der Waals surface area contributed by atoms with Gasteiger partial charge in [0, 0.05) is 24.8 Å². The summed E-state index contributed by atoms with van der Waals surface area (Å²) in [6.07, 6.45) is -0.0529. The van der Waals surface area contributed by atoms with Crippen LogP contribution in [0.25, 0.3) is 21.5 Å². The second kappa shape index (κ2) is 10.5. The molecule has 0 saturated heterocycles. The average Bonchev–Trinajstić information content (AvgIpc) is 2.68. The summed E-state index contributed by atoms with van der Waals surface area (Å²) in [5.41, 5.74) is 1.62. The first-order valence-electron chi connectivity index (χ1n) is 8.87. The number of rotatable bonds is 4. The second-order valence-electron chi connectivity index (χ2n) is 6.37. The van der Waals surface area contributed by atoms with E-state index in [9.17, 15) is 19.8 Å². The number of carboxylic acids is 2. The predicted octanol–water partition coefficient (Wildman–Crippen LogP) is 2.26. The quantitative estimate of drug-likeness (QED) is 0.461. The first-order valence-corrected chi connectivity index (χ1v) is 8.87. The van der Waals surface area contributed by atoms with Crippen molar-refractivity contribution in [3.05, 3.63) is 96.1 Å². The molecule has 0 amide bonds. The maximum absolute atomic E-state index is 10.5. The summed E-state index contributed by atoms with van der Waals surface area (Å²) in [5, 5.41) is 25.1. The normalized spacial score (nSPS) is 9.93. The molecule has 0 aromatic heterocycles. The van der Waals surface area contributed by atoms with Crippen molar-refractivity contribution in [2.45, 2.75) is 12.8 Å². The van der Waals surface area contributed by atoms with Crippen molar-refractivity contribution in [2.24, 2.45) is 0 Å². The van der Waals surface area contributed by atoms with E-state index in [0.29, 0.717) is 0 Å². The van der Waals surface area contributed by atoms with Crippen LogP contribution in [0.1, 0.15) is 11.1 Å². The van der Waals surface area contributed by atoms with E-state index in [0.717, 1.165) is 32.7 Å². The Bertz CT molecular complexity index is 1040. The van der Waals surface area contributed by atoms with Gasteiger partial charge in [-0.1, -0.05) is 84.9 Å². The maximum atomic E-state index is 10.5. The Hall–Kier alpha value is -3.04. The van der Waals surface area contributed by atoms with Gasteiger partial charge in [-0.15, -0.1) is 0 Å². The SMILES string of the molecule is O=C([O-])Cc1cccc2ccccc12.O=C([O-])Cc1cccc2ccccc12.[Zn+2]. The van der Waals surface area contributed by atoms with E-state index in [4.69, 9.17) is 0 Å². The van der Waals surface area contributed by atoms with Crippen LogP contribution in [0.5, 0.6) is 0 Å². The minimum absolute atomic E-state index is 0. The molecule has 0 bridgehead atoms. The third-order valence-electron chi connectivity index (χ3n) is 4.43. The number of fused-ring (bicyclic) bond motifs is 2. The van der Waals surface area contributed by atoms with Crippen molar-refractivity contribution in [1.29, 1.82) is 0 Å². The molecule has 0 atom stereocenters. The molecular weight excluding hydrogens is 418 g/mol. The average molecular weight is 436 g/mol. The van der Waals surface area contributed by atoms with Crippen LogP contribution in [0.15, 0.2) is 84.9 Å². The van der Waals surface area contributed by atoms with Gasteiger partial charge in [-0.05, 0) is 32.7 Å². The van der Waals surface area contributed by atoms with Gasteiger partial charge in [0.25, 0.3) is 0 Å². The molecule has 0 fully saturated rings. The van der Waals surface area contributed by atoms with E-state index < -0.39 is 11.9 Å².